The molecule has 2 fully saturated rings. The normalized spacial score (nSPS) is 30.9. The molecule has 0 unspecified atom stereocenters. The molecule has 2 aliphatic rings. The zero-order valence-corrected chi connectivity index (χ0v) is 15.3. The highest BCUT2D eigenvalue weighted by Crippen LogP contribution is 2.50. The first-order chi connectivity index (χ1) is 12.3. The maximum absolute atomic E-state index is 13.0. The smallest absolute Gasteiger partial charge is 0.324 e. The Morgan fingerprint density at radius 2 is 2.08 bits per heavy atom. The van der Waals surface area contributed by atoms with Gasteiger partial charge in [-0.1, -0.05) is 26.8 Å². The van der Waals surface area contributed by atoms with Crippen LogP contribution in [0.5, 0.6) is 0 Å². The molecule has 0 bridgehead atoms. The predicted octanol–water partition coefficient (Wildman–Crippen LogP) is 1.61. The summed E-state index contributed by atoms with van der Waals surface area (Å²) >= 11 is 0. The van der Waals surface area contributed by atoms with E-state index in [1.54, 1.807) is 24.4 Å². The molecule has 0 aliphatic carbocycles. The van der Waals surface area contributed by atoms with Crippen LogP contribution in [0.15, 0.2) is 24.4 Å². The van der Waals surface area contributed by atoms with Crippen molar-refractivity contribution < 1.29 is 19.5 Å². The Hall–Kier alpha value is -2.28. The minimum Gasteiger partial charge on any atom is -0.480 e. The molecule has 7 heteroatoms. The molecule has 0 spiro atoms. The van der Waals surface area contributed by atoms with Gasteiger partial charge in [0, 0.05) is 12.7 Å². The van der Waals surface area contributed by atoms with Crippen molar-refractivity contribution in [3.05, 3.63) is 30.1 Å². The molecule has 2 N–H and O–H groups in total. The SMILES string of the molecule is CCCN1C(=O)[C@H]2[C@@H](C1=O)[C@@](CC(C)C)(C(=O)O)N[C@H]2c1ccccn1. The summed E-state index contributed by atoms with van der Waals surface area (Å²) in [6, 6.07) is 4.74. The van der Waals surface area contributed by atoms with Crippen LogP contribution in [-0.4, -0.2) is 44.9 Å². The van der Waals surface area contributed by atoms with E-state index in [0.717, 1.165) is 0 Å². The van der Waals surface area contributed by atoms with E-state index in [2.05, 4.69) is 10.3 Å². The van der Waals surface area contributed by atoms with Crippen molar-refractivity contribution in [1.29, 1.82) is 0 Å². The molecule has 0 radical (unpaired) electrons. The van der Waals surface area contributed by atoms with Gasteiger partial charge >= 0.3 is 5.97 Å². The summed E-state index contributed by atoms with van der Waals surface area (Å²) in [7, 11) is 0. The molecular formula is C19H25N3O4. The van der Waals surface area contributed by atoms with Gasteiger partial charge in [0.15, 0.2) is 0 Å². The number of nitrogens with zero attached hydrogens (tertiary/aromatic N) is 2. The van der Waals surface area contributed by atoms with Gasteiger partial charge in [-0.05, 0) is 30.9 Å². The molecule has 3 rings (SSSR count). The van der Waals surface area contributed by atoms with Crippen LogP contribution in [0.25, 0.3) is 0 Å². The fraction of sp³-hybridized carbons (Fsp3) is 0.579. The van der Waals surface area contributed by atoms with Gasteiger partial charge in [-0.25, -0.2) is 0 Å². The molecule has 4 atom stereocenters. The third kappa shape index (κ3) is 2.70. The second-order valence-electron chi connectivity index (χ2n) is 7.58. The number of carbonyl (C=O) groups is 3. The lowest BCUT2D eigenvalue weighted by molar-refractivity contribution is -0.152. The van der Waals surface area contributed by atoms with Crippen molar-refractivity contribution in [2.75, 3.05) is 6.54 Å². The van der Waals surface area contributed by atoms with Gasteiger partial charge < -0.3 is 5.11 Å². The second-order valence-corrected chi connectivity index (χ2v) is 7.58. The van der Waals surface area contributed by atoms with Gasteiger partial charge in [-0.15, -0.1) is 0 Å². The van der Waals surface area contributed by atoms with E-state index < -0.39 is 29.4 Å². The van der Waals surface area contributed by atoms with Crippen LogP contribution in [0.1, 0.15) is 45.3 Å². The molecule has 2 amide bonds. The lowest BCUT2D eigenvalue weighted by Gasteiger charge is -2.32. The van der Waals surface area contributed by atoms with Crippen LogP contribution in [0.4, 0.5) is 0 Å². The number of pyridine rings is 1. The maximum atomic E-state index is 13.0. The first kappa shape index (κ1) is 18.5. The van der Waals surface area contributed by atoms with E-state index in [1.807, 2.05) is 20.8 Å². The number of carboxylic acid groups (broad SMARTS) is 1. The number of carboxylic acids is 1. The van der Waals surface area contributed by atoms with Crippen molar-refractivity contribution in [3.63, 3.8) is 0 Å². The summed E-state index contributed by atoms with van der Waals surface area (Å²) < 4.78 is 0. The standard InChI is InChI=1S/C19H25N3O4/c1-4-9-22-16(23)13-14(17(22)24)19(18(25)26,10-11(2)3)21-15(13)12-7-5-6-8-20-12/h5-8,11,13-15,21H,4,9-10H2,1-3H3,(H,25,26)/t13-,14-,15-,19-/m0/s1. The zero-order valence-electron chi connectivity index (χ0n) is 15.3. The molecule has 140 valence electrons. The van der Waals surface area contributed by atoms with Crippen molar-refractivity contribution in [2.45, 2.75) is 45.2 Å². The summed E-state index contributed by atoms with van der Waals surface area (Å²) in [5.74, 6) is -3.36. The third-order valence-electron chi connectivity index (χ3n) is 5.31. The number of nitrogens with one attached hydrogen (secondary N) is 1. The van der Waals surface area contributed by atoms with Crippen molar-refractivity contribution in [2.24, 2.45) is 17.8 Å². The van der Waals surface area contributed by atoms with Crippen LogP contribution in [0.2, 0.25) is 0 Å². The quantitative estimate of drug-likeness (QED) is 0.749. The van der Waals surface area contributed by atoms with Crippen molar-refractivity contribution in [1.82, 2.24) is 15.2 Å². The highest BCUT2D eigenvalue weighted by atomic mass is 16.4. The Labute approximate surface area is 152 Å². The number of hydrogen-bond donors (Lipinski definition) is 2. The second kappa shape index (κ2) is 6.79. The zero-order chi connectivity index (χ0) is 19.1. The molecule has 1 aromatic heterocycles. The first-order valence-electron chi connectivity index (χ1n) is 9.10. The molecular weight excluding hydrogens is 334 g/mol. The number of imide groups is 1. The predicted molar refractivity (Wildman–Crippen MR) is 93.9 cm³/mol. The number of amides is 2. The Morgan fingerprint density at radius 3 is 2.62 bits per heavy atom. The van der Waals surface area contributed by atoms with Gasteiger partial charge in [0.2, 0.25) is 11.8 Å². The van der Waals surface area contributed by atoms with Crippen LogP contribution in [0, 0.1) is 17.8 Å². The van der Waals surface area contributed by atoms with Crippen LogP contribution in [0.3, 0.4) is 0 Å². The number of likely N-dealkylation sites (tertiary alicyclic amines) is 1. The number of aromatic nitrogens is 1. The average molecular weight is 359 g/mol. The number of hydrogen-bond acceptors (Lipinski definition) is 5. The number of rotatable bonds is 6. The largest absolute Gasteiger partial charge is 0.480 e. The molecule has 0 aromatic carbocycles. The van der Waals surface area contributed by atoms with E-state index >= 15 is 0 Å². The van der Waals surface area contributed by atoms with E-state index in [1.165, 1.54) is 4.90 Å². The summed E-state index contributed by atoms with van der Waals surface area (Å²) in [6.45, 7) is 6.04. The highest BCUT2D eigenvalue weighted by molar-refractivity contribution is 6.09. The van der Waals surface area contributed by atoms with Gasteiger partial charge in [-0.2, -0.15) is 0 Å². The molecule has 2 saturated heterocycles. The number of aliphatic carboxylic acids is 1. The van der Waals surface area contributed by atoms with E-state index in [0.29, 0.717) is 18.7 Å². The van der Waals surface area contributed by atoms with Gasteiger partial charge in [0.1, 0.15) is 5.54 Å². The lowest BCUT2D eigenvalue weighted by atomic mass is 9.75. The Balaban J connectivity index is 2.12. The summed E-state index contributed by atoms with van der Waals surface area (Å²) in [6.07, 6.45) is 2.52. The Bertz CT molecular complexity index is 721. The lowest BCUT2D eigenvalue weighted by Crippen LogP contribution is -2.56. The number of fused-ring (bicyclic) bond motifs is 1. The van der Waals surface area contributed by atoms with E-state index in [9.17, 15) is 19.5 Å². The fourth-order valence-electron chi connectivity index (χ4n) is 4.44. The Morgan fingerprint density at radius 1 is 1.35 bits per heavy atom. The van der Waals surface area contributed by atoms with Gasteiger partial charge in [-0.3, -0.25) is 29.6 Å². The highest BCUT2D eigenvalue weighted by Gasteiger charge is 2.68. The van der Waals surface area contributed by atoms with E-state index in [-0.39, 0.29) is 24.2 Å². The Kier molecular flexibility index (Phi) is 4.84. The molecule has 26 heavy (non-hydrogen) atoms. The van der Waals surface area contributed by atoms with Gasteiger partial charge in [0.05, 0.1) is 23.6 Å². The third-order valence-corrected chi connectivity index (χ3v) is 5.31. The summed E-state index contributed by atoms with van der Waals surface area (Å²) in [5.41, 5.74) is -0.870. The summed E-state index contributed by atoms with van der Waals surface area (Å²) in [4.78, 5) is 43.9. The van der Waals surface area contributed by atoms with Crippen LogP contribution < -0.4 is 5.32 Å². The first-order valence-corrected chi connectivity index (χ1v) is 9.10. The molecule has 3 heterocycles. The van der Waals surface area contributed by atoms with E-state index in [4.69, 9.17) is 0 Å². The van der Waals surface area contributed by atoms with Crippen LogP contribution in [-0.2, 0) is 14.4 Å². The van der Waals surface area contributed by atoms with Crippen molar-refractivity contribution in [3.8, 4) is 0 Å². The van der Waals surface area contributed by atoms with Crippen molar-refractivity contribution >= 4 is 17.8 Å². The average Bonchev–Trinajstić information content (AvgIpc) is 3.06. The topological polar surface area (TPSA) is 99.6 Å². The van der Waals surface area contributed by atoms with Crippen LogP contribution >= 0.6 is 0 Å². The molecule has 0 saturated carbocycles. The fourth-order valence-corrected chi connectivity index (χ4v) is 4.44. The number of carbonyl (C=O) groups excluding carboxylic acids is 2. The monoisotopic (exact) mass is 359 g/mol. The minimum absolute atomic E-state index is 0.0462. The minimum atomic E-state index is -1.46. The molecule has 7 nitrogen and oxygen atoms in total. The maximum Gasteiger partial charge on any atom is 0.324 e. The molecule has 2 aliphatic heterocycles. The molecule has 1 aromatic rings. The van der Waals surface area contributed by atoms with Gasteiger partial charge in [0.25, 0.3) is 0 Å². The summed E-state index contributed by atoms with van der Waals surface area (Å²) in [5, 5.41) is 13.2.